The summed E-state index contributed by atoms with van der Waals surface area (Å²) in [6.07, 6.45) is 8.17. The van der Waals surface area contributed by atoms with Crippen molar-refractivity contribution in [3.05, 3.63) is 156 Å². The van der Waals surface area contributed by atoms with E-state index in [0.29, 0.717) is 0 Å². The van der Waals surface area contributed by atoms with Crippen molar-refractivity contribution in [2.45, 2.75) is 0 Å². The Balaban J connectivity index is 1.47. The highest BCUT2D eigenvalue weighted by Gasteiger charge is 2.18. The molecule has 0 aliphatic carbocycles. The van der Waals surface area contributed by atoms with Crippen LogP contribution in [0.2, 0.25) is 0 Å². The fraction of sp³-hybridized carbons (Fsp3) is 0. The summed E-state index contributed by atoms with van der Waals surface area (Å²) in [7, 11) is 0. The maximum atomic E-state index is 12.2. The zero-order valence-electron chi connectivity index (χ0n) is 26.7. The summed E-state index contributed by atoms with van der Waals surface area (Å²) >= 11 is 0. The molecule has 0 atom stereocenters. The van der Waals surface area contributed by atoms with Gasteiger partial charge in [-0.1, -0.05) is 109 Å². The van der Waals surface area contributed by atoms with Gasteiger partial charge in [0, 0.05) is 44.3 Å². The monoisotopic (exact) mass is 644 g/mol. The molecule has 0 saturated carbocycles. The SMILES string of the molecule is [O-]c1ccc(-c2c3nc(c(-c4ccccc4)c4ccc([nH]4)c(-c4ccc([O-])cc4)c4nc(c(-c5ccccc5)c5ccc2[nH]5)C=C4)C=C3)cc1. The number of nitrogens with one attached hydrogen (secondary N) is 2. The predicted octanol–water partition coefficient (Wildman–Crippen LogP) is 9.47. The fourth-order valence-corrected chi connectivity index (χ4v) is 6.87. The molecule has 0 unspecified atom stereocenters. The van der Waals surface area contributed by atoms with Gasteiger partial charge in [-0.05, 0) is 70.8 Å². The van der Waals surface area contributed by atoms with Crippen molar-refractivity contribution in [2.75, 3.05) is 0 Å². The lowest BCUT2D eigenvalue weighted by atomic mass is 10.0. The van der Waals surface area contributed by atoms with Crippen LogP contribution in [0.15, 0.2) is 133 Å². The van der Waals surface area contributed by atoms with E-state index >= 15 is 0 Å². The Bertz CT molecular complexity index is 2450. The maximum absolute atomic E-state index is 12.2. The third kappa shape index (κ3) is 5.16. The van der Waals surface area contributed by atoms with Crippen LogP contribution in [0.5, 0.6) is 11.5 Å². The van der Waals surface area contributed by atoms with E-state index in [1.54, 1.807) is 24.3 Å². The molecule has 6 heteroatoms. The Morgan fingerprint density at radius 1 is 0.320 bits per heavy atom. The quantitative estimate of drug-likeness (QED) is 0.199. The van der Waals surface area contributed by atoms with E-state index in [0.717, 1.165) is 89.4 Å². The summed E-state index contributed by atoms with van der Waals surface area (Å²) in [5, 5.41) is 24.4. The second-order valence-electron chi connectivity index (χ2n) is 12.3. The first-order chi connectivity index (χ1) is 24.6. The van der Waals surface area contributed by atoms with Crippen molar-refractivity contribution in [1.82, 2.24) is 19.9 Å². The smallest absolute Gasteiger partial charge is 0.0737 e. The highest BCUT2D eigenvalue weighted by molar-refractivity contribution is 5.99. The van der Waals surface area contributed by atoms with E-state index in [1.807, 2.05) is 85.0 Å². The molecular formula is C44H28N4O2-2. The fourth-order valence-electron chi connectivity index (χ4n) is 6.87. The van der Waals surface area contributed by atoms with Crippen LogP contribution in [0, 0.1) is 0 Å². The normalized spacial score (nSPS) is 12.0. The second kappa shape index (κ2) is 12.0. The van der Waals surface area contributed by atoms with Crippen molar-refractivity contribution in [3.63, 3.8) is 0 Å². The average Bonchev–Trinajstić information content (AvgIpc) is 3.98. The zero-order valence-corrected chi connectivity index (χ0v) is 26.7. The minimum absolute atomic E-state index is 0.0499. The average molecular weight is 645 g/mol. The van der Waals surface area contributed by atoms with Gasteiger partial charge in [-0.25, -0.2) is 9.97 Å². The van der Waals surface area contributed by atoms with Crippen LogP contribution in [0.25, 0.3) is 90.9 Å². The van der Waals surface area contributed by atoms with Crippen LogP contribution in [-0.2, 0) is 0 Å². The number of H-pyrrole nitrogens is 2. The van der Waals surface area contributed by atoms with Crippen molar-refractivity contribution in [1.29, 1.82) is 0 Å². The summed E-state index contributed by atoms with van der Waals surface area (Å²) in [5.74, 6) is -0.0999. The number of fused-ring (bicyclic) bond motifs is 8. The maximum Gasteiger partial charge on any atom is 0.0737 e. The predicted molar refractivity (Wildman–Crippen MR) is 199 cm³/mol. The Kier molecular flexibility index (Phi) is 6.99. The molecular weight excluding hydrogens is 617 g/mol. The molecule has 50 heavy (non-hydrogen) atoms. The number of hydrogen-bond donors (Lipinski definition) is 2. The van der Waals surface area contributed by atoms with Gasteiger partial charge in [0.25, 0.3) is 0 Å². The lowest BCUT2D eigenvalue weighted by molar-refractivity contribution is -0.268. The Hall–Kier alpha value is -6.92. The number of benzene rings is 4. The lowest BCUT2D eigenvalue weighted by Crippen LogP contribution is -1.91. The molecule has 6 nitrogen and oxygen atoms in total. The van der Waals surface area contributed by atoms with Gasteiger partial charge in [0.1, 0.15) is 0 Å². The van der Waals surface area contributed by atoms with Crippen LogP contribution in [0.4, 0.5) is 0 Å². The van der Waals surface area contributed by atoms with E-state index in [9.17, 15) is 10.2 Å². The minimum atomic E-state index is -0.0499. The van der Waals surface area contributed by atoms with Crippen molar-refractivity contribution >= 4 is 46.4 Å². The van der Waals surface area contributed by atoms with Crippen molar-refractivity contribution < 1.29 is 10.2 Å². The van der Waals surface area contributed by atoms with Gasteiger partial charge < -0.3 is 20.2 Å². The molecule has 0 spiro atoms. The third-order valence-corrected chi connectivity index (χ3v) is 9.16. The summed E-state index contributed by atoms with van der Waals surface area (Å²) in [5.41, 5.74) is 14.1. The first-order valence-electron chi connectivity index (χ1n) is 16.4. The molecule has 0 amide bonds. The van der Waals surface area contributed by atoms with Crippen LogP contribution in [0.3, 0.4) is 0 Å². The molecule has 0 radical (unpaired) electrons. The van der Waals surface area contributed by atoms with E-state index < -0.39 is 0 Å². The molecule has 2 N–H and O–H groups in total. The number of hydrogen-bond acceptors (Lipinski definition) is 4. The van der Waals surface area contributed by atoms with E-state index in [-0.39, 0.29) is 11.5 Å². The summed E-state index contributed by atoms with van der Waals surface area (Å²) < 4.78 is 0. The van der Waals surface area contributed by atoms with E-state index in [4.69, 9.17) is 9.97 Å². The molecule has 2 aliphatic heterocycles. The van der Waals surface area contributed by atoms with Crippen molar-refractivity contribution in [2.24, 2.45) is 0 Å². The lowest BCUT2D eigenvalue weighted by Gasteiger charge is -2.09. The van der Waals surface area contributed by atoms with Gasteiger partial charge in [0.2, 0.25) is 0 Å². The topological polar surface area (TPSA) is 103 Å². The van der Waals surface area contributed by atoms with Gasteiger partial charge in [0.15, 0.2) is 0 Å². The largest absolute Gasteiger partial charge is 0.872 e. The van der Waals surface area contributed by atoms with Crippen LogP contribution in [0.1, 0.15) is 22.8 Å². The molecule has 0 saturated heterocycles. The van der Waals surface area contributed by atoms with Gasteiger partial charge >= 0.3 is 0 Å². The summed E-state index contributed by atoms with van der Waals surface area (Å²) in [4.78, 5) is 18.0. The zero-order chi connectivity index (χ0) is 33.6. The van der Waals surface area contributed by atoms with Crippen LogP contribution >= 0.6 is 0 Å². The Morgan fingerprint density at radius 3 is 0.900 bits per heavy atom. The third-order valence-electron chi connectivity index (χ3n) is 9.16. The van der Waals surface area contributed by atoms with Gasteiger partial charge in [0.05, 0.1) is 22.8 Å². The van der Waals surface area contributed by atoms with Gasteiger partial charge in [-0.15, -0.1) is 11.5 Å². The van der Waals surface area contributed by atoms with E-state index in [1.165, 1.54) is 0 Å². The molecule has 4 aromatic carbocycles. The van der Waals surface area contributed by atoms with Crippen LogP contribution in [-0.4, -0.2) is 19.9 Å². The minimum Gasteiger partial charge on any atom is -0.872 e. The molecule has 2 aliphatic rings. The van der Waals surface area contributed by atoms with Crippen LogP contribution < -0.4 is 10.2 Å². The number of aromatic amines is 2. The Labute approximate surface area is 288 Å². The molecule has 8 bridgehead atoms. The highest BCUT2D eigenvalue weighted by Crippen LogP contribution is 2.38. The molecule has 0 fully saturated rings. The highest BCUT2D eigenvalue weighted by atomic mass is 16.3. The summed E-state index contributed by atoms with van der Waals surface area (Å²) in [6.45, 7) is 0. The first-order valence-corrected chi connectivity index (χ1v) is 16.4. The number of nitrogens with zero attached hydrogens (tertiary/aromatic N) is 2. The van der Waals surface area contributed by atoms with Gasteiger partial charge in [-0.2, -0.15) is 0 Å². The molecule has 5 heterocycles. The molecule has 9 rings (SSSR count). The number of aromatic nitrogens is 4. The first kappa shape index (κ1) is 29.2. The Morgan fingerprint density at radius 2 is 0.600 bits per heavy atom. The molecule has 238 valence electrons. The van der Waals surface area contributed by atoms with Gasteiger partial charge in [-0.3, -0.25) is 0 Å². The summed E-state index contributed by atoms with van der Waals surface area (Å²) in [6, 6.07) is 42.5. The van der Waals surface area contributed by atoms with E-state index in [2.05, 4.69) is 58.5 Å². The second-order valence-corrected chi connectivity index (χ2v) is 12.3. The molecule has 7 aromatic rings. The number of rotatable bonds is 4. The van der Waals surface area contributed by atoms with Crippen molar-refractivity contribution in [3.8, 4) is 56.0 Å². The molecule has 3 aromatic heterocycles. The standard InChI is InChI=1S/C44H30N4O2/c49-31-15-11-29(12-16-31)43-37-23-19-33(45-37)41(27-7-3-1-4-8-27)34-20-24-38(46-34)44(30-13-17-32(50)18-14-30)40-26-22-36(48-40)42(28-9-5-2-6-10-28)35-21-25-39(43)47-35/h1-26,45,48-50H/p-2.